The molecule has 2 aromatic rings. The zero-order chi connectivity index (χ0) is 21.2. The number of ketones is 1. The lowest BCUT2D eigenvalue weighted by Gasteiger charge is -2.36. The van der Waals surface area contributed by atoms with Gasteiger partial charge in [-0.3, -0.25) is 4.79 Å². The van der Waals surface area contributed by atoms with E-state index in [1.165, 1.54) is 34.5 Å². The number of phenols is 1. The molecule has 0 amide bonds. The molecule has 0 bridgehead atoms. The molecule has 0 saturated heterocycles. The molecule has 29 heavy (non-hydrogen) atoms. The van der Waals surface area contributed by atoms with Gasteiger partial charge in [0.05, 0.1) is 40.5 Å². The predicted octanol–water partition coefficient (Wildman–Crippen LogP) is 2.22. The van der Waals surface area contributed by atoms with Crippen LogP contribution in [0.25, 0.3) is 0 Å². The number of Topliss-reactive ketones (excluding diaryl/α,β-unsaturated/α-hetero) is 1. The molecule has 1 aliphatic rings. The normalized spacial score (nSPS) is 17.9. The third-order valence-corrected chi connectivity index (χ3v) is 5.09. The number of benzene rings is 2. The fourth-order valence-electron chi connectivity index (χ4n) is 3.55. The summed E-state index contributed by atoms with van der Waals surface area (Å²) in [6, 6.07) is 6.40. The van der Waals surface area contributed by atoms with E-state index >= 15 is 0 Å². The number of hydrogen-bond acceptors (Lipinski definition) is 8. The molecule has 0 fully saturated rings. The number of ether oxygens (including phenoxy) is 5. The second kappa shape index (κ2) is 8.08. The lowest BCUT2D eigenvalue weighted by molar-refractivity contribution is 0.0375. The van der Waals surface area contributed by atoms with Crippen molar-refractivity contribution < 1.29 is 38.7 Å². The summed E-state index contributed by atoms with van der Waals surface area (Å²) in [6.07, 6.45) is 0.150. The van der Waals surface area contributed by atoms with Crippen molar-refractivity contribution in [3.8, 4) is 34.5 Å². The maximum absolute atomic E-state index is 13.5. The summed E-state index contributed by atoms with van der Waals surface area (Å²) in [7, 11) is 5.79. The van der Waals surface area contributed by atoms with E-state index in [9.17, 15) is 15.0 Å². The number of phenolic OH excluding ortho intramolecular Hbond substituents is 1. The summed E-state index contributed by atoms with van der Waals surface area (Å²) in [6.45, 7) is -0.490. The first-order valence-electron chi connectivity index (χ1n) is 8.92. The van der Waals surface area contributed by atoms with Crippen LogP contribution in [-0.2, 0) is 6.42 Å². The second-order valence-electron chi connectivity index (χ2n) is 6.76. The van der Waals surface area contributed by atoms with Crippen LogP contribution in [0.3, 0.4) is 0 Å². The molecule has 0 radical (unpaired) electrons. The van der Waals surface area contributed by atoms with Gasteiger partial charge < -0.3 is 33.9 Å². The molecule has 8 heteroatoms. The van der Waals surface area contributed by atoms with Gasteiger partial charge in [-0.15, -0.1) is 0 Å². The van der Waals surface area contributed by atoms with Crippen molar-refractivity contribution in [2.75, 3.05) is 41.7 Å². The van der Waals surface area contributed by atoms with Gasteiger partial charge in [0, 0.05) is 6.07 Å². The highest BCUT2D eigenvalue weighted by molar-refractivity contribution is 6.07. The molecule has 0 aliphatic carbocycles. The molecule has 156 valence electrons. The highest BCUT2D eigenvalue weighted by atomic mass is 16.5. The van der Waals surface area contributed by atoms with Crippen molar-refractivity contribution in [3.63, 3.8) is 0 Å². The quantitative estimate of drug-likeness (QED) is 0.724. The fraction of sp³-hybridized carbons (Fsp3) is 0.381. The Labute approximate surface area is 168 Å². The standard InChI is InChI=1S/C21H24O8/c1-25-14-6-5-12(7-13(14)23)9-21(10-22)11-29-15-8-16(26-2)18(27-3)19(28-4)17(15)20(21)24/h5-8,22-23H,9-11H2,1-4H3. The summed E-state index contributed by atoms with van der Waals surface area (Å²) in [4.78, 5) is 13.5. The van der Waals surface area contributed by atoms with Gasteiger partial charge in [-0.1, -0.05) is 6.07 Å². The number of rotatable bonds is 7. The van der Waals surface area contributed by atoms with E-state index < -0.39 is 12.0 Å². The predicted molar refractivity (Wildman–Crippen MR) is 104 cm³/mol. The van der Waals surface area contributed by atoms with Crippen molar-refractivity contribution >= 4 is 5.78 Å². The molecular weight excluding hydrogens is 380 g/mol. The number of carbonyl (C=O) groups excluding carboxylic acids is 1. The van der Waals surface area contributed by atoms with E-state index in [1.807, 2.05) is 0 Å². The monoisotopic (exact) mass is 404 g/mol. The van der Waals surface area contributed by atoms with Crippen LogP contribution >= 0.6 is 0 Å². The van der Waals surface area contributed by atoms with Gasteiger partial charge in [0.2, 0.25) is 5.75 Å². The molecule has 1 aliphatic heterocycles. The van der Waals surface area contributed by atoms with E-state index in [0.29, 0.717) is 22.8 Å². The Morgan fingerprint density at radius 2 is 1.69 bits per heavy atom. The molecule has 0 spiro atoms. The lowest BCUT2D eigenvalue weighted by Crippen LogP contribution is -2.46. The molecular formula is C21H24O8. The van der Waals surface area contributed by atoms with Crippen LogP contribution in [0.1, 0.15) is 15.9 Å². The van der Waals surface area contributed by atoms with Gasteiger partial charge in [-0.25, -0.2) is 0 Å². The van der Waals surface area contributed by atoms with Gasteiger partial charge >= 0.3 is 0 Å². The number of aromatic hydroxyl groups is 1. The van der Waals surface area contributed by atoms with Crippen LogP contribution < -0.4 is 23.7 Å². The van der Waals surface area contributed by atoms with E-state index in [2.05, 4.69) is 0 Å². The highest BCUT2D eigenvalue weighted by Gasteiger charge is 2.46. The fourth-order valence-corrected chi connectivity index (χ4v) is 3.55. The topological polar surface area (TPSA) is 104 Å². The number of hydrogen-bond donors (Lipinski definition) is 2. The first-order valence-corrected chi connectivity index (χ1v) is 8.92. The first-order chi connectivity index (χ1) is 13.9. The number of methoxy groups -OCH3 is 4. The molecule has 0 aromatic heterocycles. The molecule has 1 unspecified atom stereocenters. The SMILES string of the molecule is COc1ccc(CC2(CO)COc3cc(OC)c(OC)c(OC)c3C2=O)cc1O. The zero-order valence-corrected chi connectivity index (χ0v) is 16.8. The van der Waals surface area contributed by atoms with Crippen LogP contribution in [0.4, 0.5) is 0 Å². The Kier molecular flexibility index (Phi) is 5.74. The van der Waals surface area contributed by atoms with Gasteiger partial charge in [0.1, 0.15) is 17.9 Å². The third kappa shape index (κ3) is 3.40. The second-order valence-corrected chi connectivity index (χ2v) is 6.76. The summed E-state index contributed by atoms with van der Waals surface area (Å²) in [5, 5.41) is 20.2. The van der Waals surface area contributed by atoms with Gasteiger partial charge in [0.25, 0.3) is 0 Å². The Morgan fingerprint density at radius 3 is 2.24 bits per heavy atom. The summed E-state index contributed by atoms with van der Waals surface area (Å²) in [5.74, 6) is 1.05. The number of carbonyl (C=O) groups is 1. The van der Waals surface area contributed by atoms with Crippen LogP contribution in [0.2, 0.25) is 0 Å². The lowest BCUT2D eigenvalue weighted by atomic mass is 9.74. The largest absolute Gasteiger partial charge is 0.504 e. The molecule has 2 aromatic carbocycles. The molecule has 1 heterocycles. The average molecular weight is 404 g/mol. The Hall–Kier alpha value is -3.13. The minimum atomic E-state index is -1.25. The Morgan fingerprint density at radius 1 is 1.00 bits per heavy atom. The summed E-state index contributed by atoms with van der Waals surface area (Å²) in [5.41, 5.74) is -0.415. The molecule has 0 saturated carbocycles. The molecule has 2 N–H and O–H groups in total. The highest BCUT2D eigenvalue weighted by Crippen LogP contribution is 2.50. The zero-order valence-electron chi connectivity index (χ0n) is 16.8. The molecule has 3 rings (SSSR count). The van der Waals surface area contributed by atoms with Crippen LogP contribution in [0, 0.1) is 5.41 Å². The van der Waals surface area contributed by atoms with Crippen LogP contribution in [0.5, 0.6) is 34.5 Å². The minimum Gasteiger partial charge on any atom is -0.504 e. The van der Waals surface area contributed by atoms with Crippen molar-refractivity contribution in [2.45, 2.75) is 6.42 Å². The van der Waals surface area contributed by atoms with Crippen molar-refractivity contribution in [1.82, 2.24) is 0 Å². The number of fused-ring (bicyclic) bond motifs is 1. The summed E-state index contributed by atoms with van der Waals surface area (Å²) < 4.78 is 27.0. The maximum Gasteiger partial charge on any atom is 0.204 e. The maximum atomic E-state index is 13.5. The van der Waals surface area contributed by atoms with E-state index in [4.69, 9.17) is 23.7 Å². The van der Waals surface area contributed by atoms with E-state index in [1.54, 1.807) is 18.2 Å². The van der Waals surface area contributed by atoms with Gasteiger partial charge in [-0.2, -0.15) is 0 Å². The number of aliphatic hydroxyl groups is 1. The van der Waals surface area contributed by atoms with E-state index in [-0.39, 0.29) is 41.6 Å². The van der Waals surface area contributed by atoms with Crippen LogP contribution in [-0.4, -0.2) is 57.6 Å². The molecule has 1 atom stereocenters. The van der Waals surface area contributed by atoms with E-state index in [0.717, 1.165) is 0 Å². The average Bonchev–Trinajstić information content (AvgIpc) is 2.74. The summed E-state index contributed by atoms with van der Waals surface area (Å²) >= 11 is 0. The van der Waals surface area contributed by atoms with Gasteiger partial charge in [0.15, 0.2) is 28.8 Å². The Balaban J connectivity index is 2.07. The van der Waals surface area contributed by atoms with Crippen molar-refractivity contribution in [2.24, 2.45) is 5.41 Å². The third-order valence-electron chi connectivity index (χ3n) is 5.09. The van der Waals surface area contributed by atoms with Crippen LogP contribution in [0.15, 0.2) is 24.3 Å². The first kappa shape index (κ1) is 20.6. The van der Waals surface area contributed by atoms with Gasteiger partial charge in [-0.05, 0) is 24.1 Å². The van der Waals surface area contributed by atoms with Crippen molar-refractivity contribution in [3.05, 3.63) is 35.4 Å². The van der Waals surface area contributed by atoms with Crippen molar-refractivity contribution in [1.29, 1.82) is 0 Å². The smallest absolute Gasteiger partial charge is 0.204 e. The molecule has 8 nitrogen and oxygen atoms in total. The Bertz CT molecular complexity index is 923. The number of aliphatic hydroxyl groups excluding tert-OH is 1. The minimum absolute atomic E-state index is 0.0409.